The third-order valence-electron chi connectivity index (χ3n) is 3.15. The summed E-state index contributed by atoms with van der Waals surface area (Å²) in [5.74, 6) is 0. The molecular weight excluding hydrogens is 270 g/mol. The van der Waals surface area contributed by atoms with Crippen LogP contribution >= 0.6 is 11.3 Å². The number of hydrogen-bond acceptors (Lipinski definition) is 4. The molecule has 0 saturated carbocycles. The van der Waals surface area contributed by atoms with Gasteiger partial charge in [-0.2, -0.15) is 0 Å². The minimum absolute atomic E-state index is 0.000172. The largest absolute Gasteiger partial charge is 0.377 e. The van der Waals surface area contributed by atoms with Gasteiger partial charge in [0, 0.05) is 22.4 Å². The third kappa shape index (κ3) is 2.93. The lowest BCUT2D eigenvalue weighted by molar-refractivity contribution is 0.0902. The van der Waals surface area contributed by atoms with E-state index in [0.29, 0.717) is 4.90 Å². The lowest BCUT2D eigenvalue weighted by Crippen LogP contribution is -2.40. The van der Waals surface area contributed by atoms with Crippen LogP contribution in [0.5, 0.6) is 0 Å². The predicted octanol–water partition coefficient (Wildman–Crippen LogP) is 2.21. The summed E-state index contributed by atoms with van der Waals surface area (Å²) in [5, 5.41) is 0. The quantitative estimate of drug-likeness (QED) is 0.924. The SMILES string of the molecule is Cc1cc(S(=O)(=O)N[C@H](C)[C@@H]2CCCO2)c(C)s1. The maximum Gasteiger partial charge on any atom is 0.242 e. The highest BCUT2D eigenvalue weighted by atomic mass is 32.2. The van der Waals surface area contributed by atoms with Crippen molar-refractivity contribution in [3.05, 3.63) is 15.8 Å². The van der Waals surface area contributed by atoms with Gasteiger partial charge in [-0.05, 0) is 39.7 Å². The van der Waals surface area contributed by atoms with Gasteiger partial charge in [0.05, 0.1) is 11.0 Å². The molecule has 4 nitrogen and oxygen atoms in total. The number of ether oxygens (including phenoxy) is 1. The fourth-order valence-corrected chi connectivity index (χ4v) is 5.08. The van der Waals surface area contributed by atoms with Gasteiger partial charge in [0.2, 0.25) is 10.0 Å². The summed E-state index contributed by atoms with van der Waals surface area (Å²) in [6.45, 7) is 6.35. The van der Waals surface area contributed by atoms with Crippen LogP contribution in [0.1, 0.15) is 29.5 Å². The summed E-state index contributed by atoms with van der Waals surface area (Å²) in [5.41, 5.74) is 0. The van der Waals surface area contributed by atoms with E-state index in [2.05, 4.69) is 4.72 Å². The summed E-state index contributed by atoms with van der Waals surface area (Å²) < 4.78 is 32.8. The molecule has 0 bridgehead atoms. The molecule has 1 saturated heterocycles. The molecule has 18 heavy (non-hydrogen) atoms. The fraction of sp³-hybridized carbons (Fsp3) is 0.667. The van der Waals surface area contributed by atoms with Crippen LogP contribution in [0, 0.1) is 13.8 Å². The number of thiophene rings is 1. The topological polar surface area (TPSA) is 55.4 Å². The molecule has 1 aliphatic rings. The van der Waals surface area contributed by atoms with E-state index >= 15 is 0 Å². The van der Waals surface area contributed by atoms with Gasteiger partial charge < -0.3 is 4.74 Å². The van der Waals surface area contributed by atoms with Crippen LogP contribution in [0.15, 0.2) is 11.0 Å². The molecule has 1 N–H and O–H groups in total. The molecule has 6 heteroatoms. The Kier molecular flexibility index (Phi) is 4.11. The Morgan fingerprint density at radius 3 is 2.72 bits per heavy atom. The van der Waals surface area contributed by atoms with Crippen LogP contribution in [0.2, 0.25) is 0 Å². The summed E-state index contributed by atoms with van der Waals surface area (Å²) in [6, 6.07) is 1.54. The van der Waals surface area contributed by atoms with E-state index in [1.807, 2.05) is 20.8 Å². The Balaban J connectivity index is 2.14. The summed E-state index contributed by atoms with van der Waals surface area (Å²) in [7, 11) is -3.43. The van der Waals surface area contributed by atoms with E-state index in [9.17, 15) is 8.42 Å². The van der Waals surface area contributed by atoms with Crippen molar-refractivity contribution < 1.29 is 13.2 Å². The molecule has 2 rings (SSSR count). The molecule has 1 fully saturated rings. The first-order valence-corrected chi connectivity index (χ1v) is 8.41. The van der Waals surface area contributed by atoms with Gasteiger partial charge in [0.1, 0.15) is 0 Å². The van der Waals surface area contributed by atoms with Crippen molar-refractivity contribution in [2.45, 2.75) is 50.7 Å². The van der Waals surface area contributed by atoms with Gasteiger partial charge >= 0.3 is 0 Å². The second-order valence-electron chi connectivity index (χ2n) is 4.74. The van der Waals surface area contributed by atoms with E-state index < -0.39 is 10.0 Å². The number of rotatable bonds is 4. The first-order chi connectivity index (χ1) is 8.40. The fourth-order valence-electron chi connectivity index (χ4n) is 2.26. The first-order valence-electron chi connectivity index (χ1n) is 6.11. The van der Waals surface area contributed by atoms with Gasteiger partial charge in [0.25, 0.3) is 0 Å². The van der Waals surface area contributed by atoms with E-state index in [-0.39, 0.29) is 12.1 Å². The van der Waals surface area contributed by atoms with E-state index in [0.717, 1.165) is 29.2 Å². The molecule has 0 amide bonds. The van der Waals surface area contributed by atoms with Crippen LogP contribution in [-0.4, -0.2) is 27.2 Å². The monoisotopic (exact) mass is 289 g/mol. The smallest absolute Gasteiger partial charge is 0.242 e. The van der Waals surface area contributed by atoms with Gasteiger partial charge in [-0.25, -0.2) is 13.1 Å². The maximum absolute atomic E-state index is 12.3. The lowest BCUT2D eigenvalue weighted by Gasteiger charge is -2.19. The van der Waals surface area contributed by atoms with Crippen LogP contribution < -0.4 is 4.72 Å². The van der Waals surface area contributed by atoms with Gasteiger partial charge in [-0.1, -0.05) is 0 Å². The number of aryl methyl sites for hydroxylation is 2. The van der Waals surface area contributed by atoms with Gasteiger partial charge in [-0.15, -0.1) is 11.3 Å². The average Bonchev–Trinajstić information content (AvgIpc) is 2.86. The van der Waals surface area contributed by atoms with Crippen molar-refractivity contribution in [3.63, 3.8) is 0 Å². The zero-order valence-corrected chi connectivity index (χ0v) is 12.5. The van der Waals surface area contributed by atoms with Crippen LogP contribution in [0.25, 0.3) is 0 Å². The number of nitrogens with one attached hydrogen (secondary N) is 1. The highest BCUT2D eigenvalue weighted by Gasteiger charge is 2.28. The van der Waals surface area contributed by atoms with Crippen molar-refractivity contribution in [2.75, 3.05) is 6.61 Å². The van der Waals surface area contributed by atoms with Crippen molar-refractivity contribution in [1.82, 2.24) is 4.72 Å². The van der Waals surface area contributed by atoms with Crippen molar-refractivity contribution >= 4 is 21.4 Å². The normalized spacial score (nSPS) is 22.3. The van der Waals surface area contributed by atoms with E-state index in [1.165, 1.54) is 11.3 Å². The lowest BCUT2D eigenvalue weighted by atomic mass is 10.1. The van der Waals surface area contributed by atoms with Crippen LogP contribution in [-0.2, 0) is 14.8 Å². The Labute approximate surface area is 112 Å². The molecule has 102 valence electrons. The Morgan fingerprint density at radius 2 is 2.22 bits per heavy atom. The minimum atomic E-state index is -3.43. The molecule has 0 radical (unpaired) electrons. The minimum Gasteiger partial charge on any atom is -0.377 e. The highest BCUT2D eigenvalue weighted by molar-refractivity contribution is 7.89. The molecule has 1 aromatic heterocycles. The van der Waals surface area contributed by atoms with Crippen molar-refractivity contribution in [3.8, 4) is 0 Å². The van der Waals surface area contributed by atoms with Crippen molar-refractivity contribution in [2.24, 2.45) is 0 Å². The average molecular weight is 289 g/mol. The number of sulfonamides is 1. The summed E-state index contributed by atoms with van der Waals surface area (Å²) in [4.78, 5) is 2.24. The second-order valence-corrected chi connectivity index (χ2v) is 7.88. The molecule has 0 aromatic carbocycles. The molecule has 2 heterocycles. The van der Waals surface area contributed by atoms with Gasteiger partial charge in [-0.3, -0.25) is 0 Å². The molecule has 2 atom stereocenters. The predicted molar refractivity (Wildman–Crippen MR) is 72.6 cm³/mol. The second kappa shape index (κ2) is 5.28. The highest BCUT2D eigenvalue weighted by Crippen LogP contribution is 2.25. The van der Waals surface area contributed by atoms with Gasteiger partial charge in [0.15, 0.2) is 0 Å². The summed E-state index contributed by atoms with van der Waals surface area (Å²) >= 11 is 1.51. The molecule has 0 aliphatic carbocycles. The molecule has 1 aliphatic heterocycles. The first kappa shape index (κ1) is 14.0. The maximum atomic E-state index is 12.3. The van der Waals surface area contributed by atoms with Crippen LogP contribution in [0.3, 0.4) is 0 Å². The Morgan fingerprint density at radius 1 is 1.50 bits per heavy atom. The van der Waals surface area contributed by atoms with E-state index in [1.54, 1.807) is 6.07 Å². The Hall–Kier alpha value is -0.430. The van der Waals surface area contributed by atoms with Crippen LogP contribution in [0.4, 0.5) is 0 Å². The van der Waals surface area contributed by atoms with E-state index in [4.69, 9.17) is 4.74 Å². The third-order valence-corrected chi connectivity index (χ3v) is 5.93. The molecular formula is C12H19NO3S2. The summed E-state index contributed by atoms with van der Waals surface area (Å²) in [6.07, 6.45) is 1.93. The molecule has 0 spiro atoms. The Bertz CT molecular complexity index is 515. The molecule has 1 aromatic rings. The standard InChI is InChI=1S/C12H19NO3S2/c1-8-7-12(10(3)17-8)18(14,15)13-9(2)11-5-4-6-16-11/h7,9,11,13H,4-6H2,1-3H3/t9-,11+/m1/s1. The van der Waals surface area contributed by atoms with Crippen molar-refractivity contribution in [1.29, 1.82) is 0 Å². The zero-order valence-electron chi connectivity index (χ0n) is 10.9. The molecule has 0 unspecified atom stereocenters. The zero-order chi connectivity index (χ0) is 13.3. The number of hydrogen-bond donors (Lipinski definition) is 1.